The summed E-state index contributed by atoms with van der Waals surface area (Å²) >= 11 is 0. The molecule has 2 aromatic rings. The molecule has 2 aromatic carbocycles. The van der Waals surface area contributed by atoms with Gasteiger partial charge in [0.05, 0.1) is 30.4 Å². The first-order chi connectivity index (χ1) is 17.8. The smallest absolute Gasteiger partial charge is 0.352 e. The topological polar surface area (TPSA) is 50.8 Å². The van der Waals surface area contributed by atoms with Crippen LogP contribution in [0.4, 0.5) is 30.7 Å². The molecule has 2 fully saturated rings. The molecule has 0 spiro atoms. The van der Waals surface area contributed by atoms with Crippen molar-refractivity contribution >= 4 is 5.91 Å². The van der Waals surface area contributed by atoms with Crippen LogP contribution in [0.1, 0.15) is 47.6 Å². The van der Waals surface area contributed by atoms with Crippen LogP contribution < -0.4 is 5.32 Å². The molecule has 2 aliphatic heterocycles. The fraction of sp³-hybridized carbons (Fsp3) is 0.500. The van der Waals surface area contributed by atoms with Gasteiger partial charge >= 0.3 is 12.4 Å². The lowest BCUT2D eigenvalue weighted by molar-refractivity contribution is -0.210. The van der Waals surface area contributed by atoms with Crippen molar-refractivity contribution in [2.45, 2.75) is 44.0 Å². The zero-order valence-electron chi connectivity index (χ0n) is 20.4. The molecule has 0 bridgehead atoms. The number of ether oxygens (including phenoxy) is 2. The molecular formula is C26H27F7N2O3. The summed E-state index contributed by atoms with van der Waals surface area (Å²) in [6, 6.07) is 6.90. The molecule has 4 rings (SSSR count). The van der Waals surface area contributed by atoms with E-state index in [4.69, 9.17) is 9.47 Å². The van der Waals surface area contributed by atoms with Gasteiger partial charge < -0.3 is 19.7 Å². The van der Waals surface area contributed by atoms with Crippen molar-refractivity contribution in [3.8, 4) is 0 Å². The Balaban J connectivity index is 1.64. The number of alkyl halides is 6. The summed E-state index contributed by atoms with van der Waals surface area (Å²) in [4.78, 5) is 14.1. The minimum absolute atomic E-state index is 0.0646. The molecule has 2 aliphatic rings. The highest BCUT2D eigenvalue weighted by atomic mass is 19.4. The van der Waals surface area contributed by atoms with Crippen LogP contribution in [0, 0.1) is 11.7 Å². The Kier molecular flexibility index (Phi) is 8.34. The Morgan fingerprint density at radius 1 is 1.05 bits per heavy atom. The molecule has 2 heterocycles. The number of hydrogen-bond donors (Lipinski definition) is 1. The van der Waals surface area contributed by atoms with Crippen molar-refractivity contribution < 1.29 is 45.0 Å². The SMILES string of the molecule is C[C@@H](O[C@H]1OCC[C@@H](CN2CCNCC2=O)C1c1ccc(F)cc1)c1cc(C(F)(F)F)cc(C(F)(F)F)c1. The van der Waals surface area contributed by atoms with Gasteiger partial charge in [-0.1, -0.05) is 12.1 Å². The summed E-state index contributed by atoms with van der Waals surface area (Å²) in [5.41, 5.74) is -2.57. The average Bonchev–Trinajstić information content (AvgIpc) is 2.85. The summed E-state index contributed by atoms with van der Waals surface area (Å²) in [6.07, 6.45) is -11.7. The fourth-order valence-electron chi connectivity index (χ4n) is 4.90. The highest BCUT2D eigenvalue weighted by Gasteiger charge is 2.41. The van der Waals surface area contributed by atoms with Crippen LogP contribution in [0.3, 0.4) is 0 Å². The van der Waals surface area contributed by atoms with E-state index in [1.54, 1.807) is 4.90 Å². The van der Waals surface area contributed by atoms with Crippen LogP contribution in [0.2, 0.25) is 0 Å². The van der Waals surface area contributed by atoms with E-state index in [1.165, 1.54) is 31.2 Å². The van der Waals surface area contributed by atoms with Gasteiger partial charge in [-0.2, -0.15) is 26.3 Å². The predicted octanol–water partition coefficient (Wildman–Crippen LogP) is 5.52. The molecule has 0 radical (unpaired) electrons. The first kappa shape index (κ1) is 28.3. The van der Waals surface area contributed by atoms with Crippen molar-refractivity contribution in [2.75, 3.05) is 32.8 Å². The second-order valence-electron chi connectivity index (χ2n) is 9.50. The summed E-state index contributed by atoms with van der Waals surface area (Å²) < 4.78 is 106. The zero-order chi connectivity index (χ0) is 27.7. The molecule has 1 unspecified atom stereocenters. The molecule has 38 heavy (non-hydrogen) atoms. The molecular weight excluding hydrogens is 521 g/mol. The molecule has 0 saturated carbocycles. The Bertz CT molecular complexity index is 1090. The molecule has 5 nitrogen and oxygen atoms in total. The summed E-state index contributed by atoms with van der Waals surface area (Å²) in [7, 11) is 0. The molecule has 1 N–H and O–H groups in total. The summed E-state index contributed by atoms with van der Waals surface area (Å²) in [6.45, 7) is 3.20. The minimum Gasteiger partial charge on any atom is -0.352 e. The summed E-state index contributed by atoms with van der Waals surface area (Å²) in [5.74, 6) is -1.33. The van der Waals surface area contributed by atoms with Gasteiger partial charge in [-0.3, -0.25) is 4.79 Å². The number of halogens is 7. The number of amides is 1. The van der Waals surface area contributed by atoms with Gasteiger partial charge in [-0.05, 0) is 60.7 Å². The van der Waals surface area contributed by atoms with E-state index in [9.17, 15) is 35.5 Å². The van der Waals surface area contributed by atoms with Crippen molar-refractivity contribution in [3.05, 3.63) is 70.5 Å². The molecule has 2 saturated heterocycles. The fourth-order valence-corrected chi connectivity index (χ4v) is 4.90. The lowest BCUT2D eigenvalue weighted by atomic mass is 9.81. The van der Waals surface area contributed by atoms with Crippen LogP contribution in [0.15, 0.2) is 42.5 Å². The molecule has 1 amide bonds. The Morgan fingerprint density at radius 2 is 1.68 bits per heavy atom. The average molecular weight is 548 g/mol. The Hall–Kier alpha value is -2.70. The second kappa shape index (κ2) is 11.2. The second-order valence-corrected chi connectivity index (χ2v) is 9.50. The van der Waals surface area contributed by atoms with E-state index < -0.39 is 47.6 Å². The first-order valence-electron chi connectivity index (χ1n) is 12.1. The number of carbonyl (C=O) groups excluding carboxylic acids is 1. The largest absolute Gasteiger partial charge is 0.416 e. The minimum atomic E-state index is -4.99. The van der Waals surface area contributed by atoms with Gasteiger partial charge in [-0.25, -0.2) is 4.39 Å². The van der Waals surface area contributed by atoms with E-state index in [0.717, 1.165) is 0 Å². The standard InChI is InChI=1S/C26H27F7N2O3/c1-15(18-10-19(25(28,29)30)12-20(11-18)26(31,32)33)38-24-23(16-2-4-21(27)5-3-16)17(6-9-37-24)14-35-8-7-34-13-22(35)36/h2-5,10-12,15,17,23-24,34H,6-9,13-14H2,1H3/t15-,17+,23?,24-/m1/s1. The van der Waals surface area contributed by atoms with Crippen LogP contribution in [-0.4, -0.2) is 49.9 Å². The zero-order valence-corrected chi connectivity index (χ0v) is 20.4. The quantitative estimate of drug-likeness (QED) is 0.484. The lowest BCUT2D eigenvalue weighted by Gasteiger charge is -2.42. The highest BCUT2D eigenvalue weighted by molar-refractivity contribution is 5.79. The molecule has 4 atom stereocenters. The van der Waals surface area contributed by atoms with E-state index in [-0.39, 0.29) is 36.6 Å². The lowest BCUT2D eigenvalue weighted by Crippen LogP contribution is -2.51. The predicted molar refractivity (Wildman–Crippen MR) is 122 cm³/mol. The number of carbonyl (C=O) groups is 1. The van der Waals surface area contributed by atoms with Crippen molar-refractivity contribution in [1.82, 2.24) is 10.2 Å². The molecule has 208 valence electrons. The maximum Gasteiger partial charge on any atom is 0.416 e. The van der Waals surface area contributed by atoms with E-state index >= 15 is 0 Å². The normalized spacial score (nSPS) is 23.9. The van der Waals surface area contributed by atoms with Crippen LogP contribution in [0.5, 0.6) is 0 Å². The number of piperazine rings is 1. The molecule has 12 heteroatoms. The van der Waals surface area contributed by atoms with E-state index in [1.807, 2.05) is 0 Å². The third kappa shape index (κ3) is 6.65. The third-order valence-electron chi connectivity index (χ3n) is 6.89. The summed E-state index contributed by atoms with van der Waals surface area (Å²) in [5, 5.41) is 2.99. The number of nitrogens with one attached hydrogen (secondary N) is 1. The Morgan fingerprint density at radius 3 is 2.26 bits per heavy atom. The number of benzene rings is 2. The molecule has 0 aliphatic carbocycles. The maximum atomic E-state index is 13.7. The van der Waals surface area contributed by atoms with Crippen LogP contribution in [0.25, 0.3) is 0 Å². The highest BCUT2D eigenvalue weighted by Crippen LogP contribution is 2.41. The monoisotopic (exact) mass is 548 g/mol. The van der Waals surface area contributed by atoms with E-state index in [2.05, 4.69) is 5.32 Å². The van der Waals surface area contributed by atoms with Gasteiger partial charge in [0.1, 0.15) is 5.82 Å². The maximum absolute atomic E-state index is 13.7. The Labute approximate surface area is 214 Å². The third-order valence-corrected chi connectivity index (χ3v) is 6.89. The molecule has 0 aromatic heterocycles. The van der Waals surface area contributed by atoms with Crippen molar-refractivity contribution in [1.29, 1.82) is 0 Å². The number of hydrogen-bond acceptors (Lipinski definition) is 4. The van der Waals surface area contributed by atoms with Crippen LogP contribution >= 0.6 is 0 Å². The van der Waals surface area contributed by atoms with Gasteiger partial charge in [0.15, 0.2) is 6.29 Å². The van der Waals surface area contributed by atoms with E-state index in [0.29, 0.717) is 43.8 Å². The van der Waals surface area contributed by atoms with Gasteiger partial charge in [0, 0.05) is 25.6 Å². The van der Waals surface area contributed by atoms with Gasteiger partial charge in [-0.15, -0.1) is 0 Å². The number of nitrogens with zero attached hydrogens (tertiary/aromatic N) is 1. The van der Waals surface area contributed by atoms with Gasteiger partial charge in [0.25, 0.3) is 0 Å². The van der Waals surface area contributed by atoms with Crippen molar-refractivity contribution in [3.63, 3.8) is 0 Å². The van der Waals surface area contributed by atoms with Crippen LogP contribution in [-0.2, 0) is 26.6 Å². The first-order valence-corrected chi connectivity index (χ1v) is 12.1. The van der Waals surface area contributed by atoms with Gasteiger partial charge in [0.2, 0.25) is 5.91 Å². The number of rotatable bonds is 6. The van der Waals surface area contributed by atoms with Crippen molar-refractivity contribution in [2.24, 2.45) is 5.92 Å².